The van der Waals surface area contributed by atoms with Crippen LogP contribution in [0.5, 0.6) is 0 Å². The molecule has 2 aromatic rings. The van der Waals surface area contributed by atoms with Crippen LogP contribution in [0.1, 0.15) is 37.6 Å². The van der Waals surface area contributed by atoms with Gasteiger partial charge in [-0.05, 0) is 25.0 Å². The molecule has 1 saturated heterocycles. The summed E-state index contributed by atoms with van der Waals surface area (Å²) in [5.41, 5.74) is 2.43. The number of aromatic nitrogens is 2. The average molecular weight is 315 g/mol. The molecule has 0 aliphatic carbocycles. The maximum Gasteiger partial charge on any atom is 0.260 e. The van der Waals surface area contributed by atoms with Crippen LogP contribution in [-0.2, 0) is 9.53 Å². The van der Waals surface area contributed by atoms with Crippen molar-refractivity contribution in [3.05, 3.63) is 29.6 Å². The van der Waals surface area contributed by atoms with Crippen molar-refractivity contribution in [3.8, 4) is 11.5 Å². The third-order valence-corrected chi connectivity index (χ3v) is 4.01. The van der Waals surface area contributed by atoms with E-state index in [9.17, 15) is 4.79 Å². The monoisotopic (exact) mass is 315 g/mol. The minimum Gasteiger partial charge on any atom is -0.381 e. The van der Waals surface area contributed by atoms with E-state index in [1.165, 1.54) is 0 Å². The molecule has 0 saturated carbocycles. The molecule has 122 valence electrons. The Balaban J connectivity index is 1.91. The minimum absolute atomic E-state index is 0.0263. The zero-order valence-electron chi connectivity index (χ0n) is 13.6. The SMILES string of the molecule is Cc1cccc(-c2nc(C(C)C)no2)c1NC(=O)C1CCOC1. The fraction of sp³-hybridized carbons (Fsp3) is 0.471. The molecule has 1 aliphatic heterocycles. The third kappa shape index (κ3) is 3.27. The standard InChI is InChI=1S/C17H21N3O3/c1-10(2)15-19-17(23-20-15)13-6-4-5-11(3)14(13)18-16(21)12-7-8-22-9-12/h4-6,10,12H,7-9H2,1-3H3,(H,18,21). The molecule has 1 aliphatic rings. The van der Waals surface area contributed by atoms with Crippen molar-refractivity contribution < 1.29 is 14.1 Å². The van der Waals surface area contributed by atoms with Gasteiger partial charge in [0.1, 0.15) is 0 Å². The number of carbonyl (C=O) groups excluding carboxylic acids is 1. The van der Waals surface area contributed by atoms with Crippen LogP contribution in [-0.4, -0.2) is 29.3 Å². The van der Waals surface area contributed by atoms with Crippen LogP contribution in [0.3, 0.4) is 0 Å². The number of rotatable bonds is 4. The van der Waals surface area contributed by atoms with E-state index in [0.717, 1.165) is 23.2 Å². The summed E-state index contributed by atoms with van der Waals surface area (Å²) in [5, 5.41) is 7.01. The first-order chi connectivity index (χ1) is 11.1. The summed E-state index contributed by atoms with van der Waals surface area (Å²) in [7, 11) is 0. The lowest BCUT2D eigenvalue weighted by atomic mass is 10.0. The Bertz CT molecular complexity index is 703. The molecule has 1 unspecified atom stereocenters. The van der Waals surface area contributed by atoms with Gasteiger partial charge in [0.2, 0.25) is 5.91 Å². The van der Waals surface area contributed by atoms with Crippen molar-refractivity contribution in [2.24, 2.45) is 5.92 Å². The molecule has 3 rings (SSSR count). The summed E-state index contributed by atoms with van der Waals surface area (Å²) in [4.78, 5) is 16.8. The number of carbonyl (C=O) groups is 1. The quantitative estimate of drug-likeness (QED) is 0.938. The van der Waals surface area contributed by atoms with Gasteiger partial charge in [-0.1, -0.05) is 31.1 Å². The number of para-hydroxylation sites is 1. The number of nitrogens with one attached hydrogen (secondary N) is 1. The van der Waals surface area contributed by atoms with Gasteiger partial charge in [0, 0.05) is 12.5 Å². The van der Waals surface area contributed by atoms with Crippen LogP contribution < -0.4 is 5.32 Å². The predicted molar refractivity (Wildman–Crippen MR) is 86.1 cm³/mol. The number of amides is 1. The molecule has 0 bridgehead atoms. The zero-order chi connectivity index (χ0) is 16.4. The molecular weight excluding hydrogens is 294 g/mol. The summed E-state index contributed by atoms with van der Waals surface area (Å²) in [6.07, 6.45) is 0.755. The van der Waals surface area contributed by atoms with Gasteiger partial charge in [-0.25, -0.2) is 0 Å². The van der Waals surface area contributed by atoms with Crippen LogP contribution >= 0.6 is 0 Å². The van der Waals surface area contributed by atoms with Crippen molar-refractivity contribution in [1.82, 2.24) is 10.1 Å². The first kappa shape index (κ1) is 15.7. The lowest BCUT2D eigenvalue weighted by Gasteiger charge is -2.14. The first-order valence-corrected chi connectivity index (χ1v) is 7.88. The van der Waals surface area contributed by atoms with Gasteiger partial charge in [0.05, 0.1) is 23.8 Å². The Morgan fingerprint density at radius 2 is 2.22 bits per heavy atom. The van der Waals surface area contributed by atoms with Crippen LogP contribution in [0.2, 0.25) is 0 Å². The van der Waals surface area contributed by atoms with Crippen molar-refractivity contribution in [2.45, 2.75) is 33.1 Å². The molecular formula is C17H21N3O3. The van der Waals surface area contributed by atoms with Gasteiger partial charge in [-0.15, -0.1) is 0 Å². The Labute approximate surface area is 135 Å². The Hall–Kier alpha value is -2.21. The number of hydrogen-bond acceptors (Lipinski definition) is 5. The molecule has 1 aromatic heterocycles. The predicted octanol–water partition coefficient (Wildman–Crippen LogP) is 3.14. The highest BCUT2D eigenvalue weighted by Crippen LogP contribution is 2.31. The van der Waals surface area contributed by atoms with E-state index in [2.05, 4.69) is 15.5 Å². The second-order valence-electron chi connectivity index (χ2n) is 6.16. The number of ether oxygens (including phenoxy) is 1. The lowest BCUT2D eigenvalue weighted by molar-refractivity contribution is -0.119. The van der Waals surface area contributed by atoms with E-state index in [0.29, 0.717) is 24.9 Å². The second kappa shape index (κ2) is 6.50. The van der Waals surface area contributed by atoms with E-state index in [1.807, 2.05) is 39.0 Å². The third-order valence-electron chi connectivity index (χ3n) is 4.01. The molecule has 2 heterocycles. The highest BCUT2D eigenvalue weighted by Gasteiger charge is 2.25. The molecule has 1 amide bonds. The van der Waals surface area contributed by atoms with Crippen molar-refractivity contribution in [3.63, 3.8) is 0 Å². The number of aryl methyl sites for hydroxylation is 1. The van der Waals surface area contributed by atoms with E-state index in [4.69, 9.17) is 9.26 Å². The van der Waals surface area contributed by atoms with Crippen LogP contribution in [0, 0.1) is 12.8 Å². The van der Waals surface area contributed by atoms with Gasteiger partial charge < -0.3 is 14.6 Å². The molecule has 6 heteroatoms. The fourth-order valence-corrected chi connectivity index (χ4v) is 2.56. The Morgan fingerprint density at radius 1 is 1.39 bits per heavy atom. The maximum absolute atomic E-state index is 12.4. The number of anilines is 1. The van der Waals surface area contributed by atoms with E-state index in [1.54, 1.807) is 0 Å². The van der Waals surface area contributed by atoms with Gasteiger partial charge in [-0.3, -0.25) is 4.79 Å². The molecule has 1 aromatic carbocycles. The van der Waals surface area contributed by atoms with Crippen LogP contribution in [0.15, 0.2) is 22.7 Å². The Morgan fingerprint density at radius 3 is 2.87 bits per heavy atom. The first-order valence-electron chi connectivity index (χ1n) is 7.88. The average Bonchev–Trinajstić information content (AvgIpc) is 3.20. The molecule has 0 spiro atoms. The van der Waals surface area contributed by atoms with Gasteiger partial charge in [0.25, 0.3) is 5.89 Å². The Kier molecular flexibility index (Phi) is 4.43. The summed E-state index contributed by atoms with van der Waals surface area (Å²) in [6.45, 7) is 7.08. The number of nitrogens with zero attached hydrogens (tertiary/aromatic N) is 2. The molecule has 23 heavy (non-hydrogen) atoms. The molecule has 1 fully saturated rings. The fourth-order valence-electron chi connectivity index (χ4n) is 2.56. The van der Waals surface area contributed by atoms with Crippen molar-refractivity contribution in [2.75, 3.05) is 18.5 Å². The second-order valence-corrected chi connectivity index (χ2v) is 6.16. The highest BCUT2D eigenvalue weighted by molar-refractivity contribution is 5.97. The van der Waals surface area contributed by atoms with E-state index < -0.39 is 0 Å². The highest BCUT2D eigenvalue weighted by atomic mass is 16.5. The normalized spacial score (nSPS) is 17.7. The summed E-state index contributed by atoms with van der Waals surface area (Å²) in [6, 6.07) is 5.74. The molecule has 1 atom stereocenters. The van der Waals surface area contributed by atoms with Crippen molar-refractivity contribution in [1.29, 1.82) is 0 Å². The van der Waals surface area contributed by atoms with Crippen LogP contribution in [0.4, 0.5) is 5.69 Å². The smallest absolute Gasteiger partial charge is 0.260 e. The molecule has 6 nitrogen and oxygen atoms in total. The molecule has 1 N–H and O–H groups in total. The van der Waals surface area contributed by atoms with Crippen molar-refractivity contribution >= 4 is 11.6 Å². The summed E-state index contributed by atoms with van der Waals surface area (Å²) in [5.74, 6) is 1.14. The van der Waals surface area contributed by atoms with Gasteiger partial charge >= 0.3 is 0 Å². The molecule has 0 radical (unpaired) electrons. The van der Waals surface area contributed by atoms with E-state index >= 15 is 0 Å². The van der Waals surface area contributed by atoms with Crippen LogP contribution in [0.25, 0.3) is 11.5 Å². The van der Waals surface area contributed by atoms with Gasteiger partial charge in [0.15, 0.2) is 5.82 Å². The number of benzene rings is 1. The summed E-state index contributed by atoms with van der Waals surface area (Å²) < 4.78 is 10.7. The zero-order valence-corrected chi connectivity index (χ0v) is 13.6. The summed E-state index contributed by atoms with van der Waals surface area (Å²) >= 11 is 0. The minimum atomic E-state index is -0.101. The van der Waals surface area contributed by atoms with Gasteiger partial charge in [-0.2, -0.15) is 4.98 Å². The largest absolute Gasteiger partial charge is 0.381 e. The lowest BCUT2D eigenvalue weighted by Crippen LogP contribution is -2.23. The number of hydrogen-bond donors (Lipinski definition) is 1. The maximum atomic E-state index is 12.4. The topological polar surface area (TPSA) is 77.3 Å². The van der Waals surface area contributed by atoms with E-state index in [-0.39, 0.29) is 17.7 Å².